The number of fused-ring (bicyclic) bond motifs is 1. The second kappa shape index (κ2) is 8.03. The van der Waals surface area contributed by atoms with Crippen LogP contribution in [-0.4, -0.2) is 11.8 Å². The Morgan fingerprint density at radius 3 is 2.31 bits per heavy atom. The molecule has 4 rings (SSSR count). The Morgan fingerprint density at radius 1 is 0.828 bits per heavy atom. The number of amides is 2. The van der Waals surface area contributed by atoms with E-state index in [1.54, 1.807) is 24.3 Å². The molecule has 0 atom stereocenters. The minimum Gasteiger partial charge on any atom is -0.322 e. The van der Waals surface area contributed by atoms with Crippen LogP contribution in [0.1, 0.15) is 20.0 Å². The molecule has 2 amide bonds. The van der Waals surface area contributed by atoms with Crippen molar-refractivity contribution in [1.82, 2.24) is 0 Å². The van der Waals surface area contributed by atoms with Gasteiger partial charge in [-0.1, -0.05) is 35.9 Å². The second-order valence-electron chi connectivity index (χ2n) is 6.24. The lowest BCUT2D eigenvalue weighted by atomic mass is 10.1. The Kier molecular flexibility index (Phi) is 5.29. The Labute approximate surface area is 174 Å². The molecule has 3 aromatic carbocycles. The Balaban J connectivity index is 1.52. The van der Waals surface area contributed by atoms with Gasteiger partial charge in [-0.2, -0.15) is 0 Å². The van der Waals surface area contributed by atoms with Gasteiger partial charge in [0.2, 0.25) is 0 Å². The van der Waals surface area contributed by atoms with Gasteiger partial charge in [-0.15, -0.1) is 11.3 Å². The number of halogens is 2. The number of hydrogen-bond acceptors (Lipinski definition) is 3. The first-order valence-corrected chi connectivity index (χ1v) is 9.86. The minimum atomic E-state index is -0.382. The van der Waals surface area contributed by atoms with Crippen molar-refractivity contribution in [2.24, 2.45) is 0 Å². The summed E-state index contributed by atoms with van der Waals surface area (Å²) >= 11 is 7.67. The highest BCUT2D eigenvalue weighted by Gasteiger charge is 2.17. The summed E-state index contributed by atoms with van der Waals surface area (Å²) in [7, 11) is 0. The summed E-state index contributed by atoms with van der Waals surface area (Å²) in [6.07, 6.45) is 0. The standard InChI is InChI=1S/C22H14ClFN2O2S/c23-19-17-6-1-2-7-18(17)29-20(19)22(28)26-16-5-3-4-13(12-16)21(27)25-15-10-8-14(24)9-11-15/h1-12H,(H,25,27)(H,26,28). The lowest BCUT2D eigenvalue weighted by Crippen LogP contribution is -2.14. The molecule has 0 fully saturated rings. The zero-order valence-electron chi connectivity index (χ0n) is 14.9. The normalized spacial score (nSPS) is 10.7. The highest BCUT2D eigenvalue weighted by atomic mass is 35.5. The molecule has 0 saturated heterocycles. The topological polar surface area (TPSA) is 58.2 Å². The fourth-order valence-corrected chi connectivity index (χ4v) is 4.23. The molecule has 4 nitrogen and oxygen atoms in total. The van der Waals surface area contributed by atoms with E-state index in [0.29, 0.717) is 26.8 Å². The van der Waals surface area contributed by atoms with Gasteiger partial charge >= 0.3 is 0 Å². The fourth-order valence-electron chi connectivity index (χ4n) is 2.82. The van der Waals surface area contributed by atoms with Gasteiger partial charge in [0, 0.05) is 27.0 Å². The summed E-state index contributed by atoms with van der Waals surface area (Å²) in [5.41, 5.74) is 1.30. The van der Waals surface area contributed by atoms with Crippen LogP contribution >= 0.6 is 22.9 Å². The molecule has 0 spiro atoms. The Bertz CT molecular complexity index is 1220. The number of anilines is 2. The van der Waals surface area contributed by atoms with Gasteiger partial charge in [-0.25, -0.2) is 4.39 Å². The van der Waals surface area contributed by atoms with Crippen LogP contribution in [0.5, 0.6) is 0 Å². The average Bonchev–Trinajstić information content (AvgIpc) is 3.07. The van der Waals surface area contributed by atoms with Gasteiger partial charge < -0.3 is 10.6 Å². The third kappa shape index (κ3) is 4.13. The van der Waals surface area contributed by atoms with E-state index in [4.69, 9.17) is 11.6 Å². The van der Waals surface area contributed by atoms with Gasteiger partial charge in [0.05, 0.1) is 5.02 Å². The third-order valence-electron chi connectivity index (χ3n) is 4.23. The quantitative estimate of drug-likeness (QED) is 0.410. The summed E-state index contributed by atoms with van der Waals surface area (Å²) in [5.74, 6) is -1.09. The SMILES string of the molecule is O=C(Nc1ccc(F)cc1)c1cccc(NC(=O)c2sc3ccccc3c2Cl)c1. The molecule has 7 heteroatoms. The van der Waals surface area contributed by atoms with Crippen LogP contribution < -0.4 is 10.6 Å². The van der Waals surface area contributed by atoms with Crippen LogP contribution in [0.4, 0.5) is 15.8 Å². The zero-order chi connectivity index (χ0) is 20.4. The maximum atomic E-state index is 13.0. The molecule has 2 N–H and O–H groups in total. The predicted molar refractivity (Wildman–Crippen MR) is 116 cm³/mol. The molecule has 0 unspecified atom stereocenters. The van der Waals surface area contributed by atoms with Crippen LogP contribution in [-0.2, 0) is 0 Å². The van der Waals surface area contributed by atoms with Gasteiger partial charge in [-0.3, -0.25) is 9.59 Å². The minimum absolute atomic E-state index is 0.340. The molecule has 144 valence electrons. The van der Waals surface area contributed by atoms with E-state index >= 15 is 0 Å². The van der Waals surface area contributed by atoms with E-state index in [9.17, 15) is 14.0 Å². The molecule has 0 aliphatic heterocycles. The summed E-state index contributed by atoms with van der Waals surface area (Å²) in [5, 5.41) is 6.71. The van der Waals surface area contributed by atoms with Gasteiger partial charge in [-0.05, 0) is 48.5 Å². The van der Waals surface area contributed by atoms with Gasteiger partial charge in [0.15, 0.2) is 0 Å². The highest BCUT2D eigenvalue weighted by molar-refractivity contribution is 7.21. The first-order valence-electron chi connectivity index (χ1n) is 8.66. The molecule has 0 saturated carbocycles. The maximum absolute atomic E-state index is 13.0. The summed E-state index contributed by atoms with van der Waals surface area (Å²) < 4.78 is 13.9. The average molecular weight is 425 g/mol. The number of benzene rings is 3. The van der Waals surface area contributed by atoms with E-state index < -0.39 is 0 Å². The van der Waals surface area contributed by atoms with E-state index in [0.717, 1.165) is 10.1 Å². The highest BCUT2D eigenvalue weighted by Crippen LogP contribution is 2.35. The van der Waals surface area contributed by atoms with Crippen LogP contribution in [0.2, 0.25) is 5.02 Å². The molecule has 0 radical (unpaired) electrons. The van der Waals surface area contributed by atoms with Crippen molar-refractivity contribution >= 4 is 56.2 Å². The van der Waals surface area contributed by atoms with Crippen LogP contribution in [0.25, 0.3) is 10.1 Å². The van der Waals surface area contributed by atoms with Crippen molar-refractivity contribution < 1.29 is 14.0 Å². The maximum Gasteiger partial charge on any atom is 0.267 e. The lowest BCUT2D eigenvalue weighted by molar-refractivity contribution is 0.101. The molecule has 0 aliphatic rings. The Morgan fingerprint density at radius 2 is 1.55 bits per heavy atom. The summed E-state index contributed by atoms with van der Waals surface area (Å²) in [6, 6.07) is 19.6. The van der Waals surface area contributed by atoms with Crippen molar-refractivity contribution in [3.8, 4) is 0 Å². The molecule has 0 bridgehead atoms. The number of carbonyl (C=O) groups is 2. The van der Waals surface area contributed by atoms with Crippen molar-refractivity contribution in [1.29, 1.82) is 0 Å². The summed E-state index contributed by atoms with van der Waals surface area (Å²) in [4.78, 5) is 25.5. The van der Waals surface area contributed by atoms with E-state index in [-0.39, 0.29) is 17.6 Å². The van der Waals surface area contributed by atoms with E-state index in [1.807, 2.05) is 24.3 Å². The monoisotopic (exact) mass is 424 g/mol. The number of hydrogen-bond donors (Lipinski definition) is 2. The van der Waals surface area contributed by atoms with Crippen LogP contribution in [0.15, 0.2) is 72.8 Å². The lowest BCUT2D eigenvalue weighted by Gasteiger charge is -2.08. The second-order valence-corrected chi connectivity index (χ2v) is 7.67. The van der Waals surface area contributed by atoms with Gasteiger partial charge in [0.1, 0.15) is 10.7 Å². The predicted octanol–water partition coefficient (Wildman–Crippen LogP) is 6.20. The van der Waals surface area contributed by atoms with Crippen molar-refractivity contribution in [2.75, 3.05) is 10.6 Å². The largest absolute Gasteiger partial charge is 0.322 e. The first-order chi connectivity index (χ1) is 14.0. The molecule has 29 heavy (non-hydrogen) atoms. The fraction of sp³-hybridized carbons (Fsp3) is 0. The van der Waals surface area contributed by atoms with Crippen molar-refractivity contribution in [3.63, 3.8) is 0 Å². The molecular weight excluding hydrogens is 411 g/mol. The number of thiophene rings is 1. The van der Waals surface area contributed by atoms with E-state index in [1.165, 1.54) is 35.6 Å². The zero-order valence-corrected chi connectivity index (χ0v) is 16.5. The molecule has 4 aromatic rings. The number of nitrogens with one attached hydrogen (secondary N) is 2. The molecular formula is C22H14ClFN2O2S. The van der Waals surface area contributed by atoms with E-state index in [2.05, 4.69) is 10.6 Å². The molecule has 0 aliphatic carbocycles. The Hall–Kier alpha value is -3.22. The van der Waals surface area contributed by atoms with Crippen LogP contribution in [0.3, 0.4) is 0 Å². The van der Waals surface area contributed by atoms with Gasteiger partial charge in [0.25, 0.3) is 11.8 Å². The number of rotatable bonds is 4. The van der Waals surface area contributed by atoms with Crippen molar-refractivity contribution in [3.05, 3.63) is 94.1 Å². The number of carbonyl (C=O) groups excluding carboxylic acids is 2. The van der Waals surface area contributed by atoms with Crippen molar-refractivity contribution in [2.45, 2.75) is 0 Å². The molecule has 1 aromatic heterocycles. The first kappa shape index (κ1) is 19.1. The third-order valence-corrected chi connectivity index (χ3v) is 5.90. The molecule has 1 heterocycles. The van der Waals surface area contributed by atoms with Crippen LogP contribution in [0, 0.1) is 5.82 Å². The summed E-state index contributed by atoms with van der Waals surface area (Å²) in [6.45, 7) is 0. The smallest absolute Gasteiger partial charge is 0.267 e.